The smallest absolute Gasteiger partial charge is 0.133 e. The summed E-state index contributed by atoms with van der Waals surface area (Å²) >= 11 is 3.75. The van der Waals surface area contributed by atoms with Gasteiger partial charge in [-0.15, -0.1) is 22.7 Å². The first kappa shape index (κ1) is 32.7. The Hall–Kier alpha value is -6.57. The zero-order valence-corrected chi connectivity index (χ0v) is 32.3. The summed E-state index contributed by atoms with van der Waals surface area (Å²) in [7, 11) is 0. The Kier molecular flexibility index (Phi) is 7.45. The first-order chi connectivity index (χ1) is 28.3. The van der Waals surface area contributed by atoms with E-state index in [4.69, 9.17) is 4.99 Å². The maximum atomic E-state index is 5.30. The Balaban J connectivity index is 0.995. The molecule has 0 aliphatic carbocycles. The predicted molar refractivity (Wildman–Crippen MR) is 243 cm³/mol. The number of amidine groups is 1. The molecule has 1 aliphatic rings. The van der Waals surface area contributed by atoms with Gasteiger partial charge in [0.2, 0.25) is 0 Å². The molecule has 0 saturated heterocycles. The van der Waals surface area contributed by atoms with Crippen LogP contribution in [-0.4, -0.2) is 10.4 Å². The maximum absolute atomic E-state index is 5.30. The van der Waals surface area contributed by atoms with Crippen LogP contribution in [0.5, 0.6) is 0 Å². The van der Waals surface area contributed by atoms with Crippen molar-refractivity contribution in [2.45, 2.75) is 12.3 Å². The molecule has 12 rings (SSSR count). The lowest BCUT2D eigenvalue weighted by Gasteiger charge is -2.32. The van der Waals surface area contributed by atoms with E-state index in [0.29, 0.717) is 0 Å². The van der Waals surface area contributed by atoms with Gasteiger partial charge >= 0.3 is 0 Å². The van der Waals surface area contributed by atoms with Crippen molar-refractivity contribution in [2.75, 3.05) is 0 Å². The summed E-state index contributed by atoms with van der Waals surface area (Å²) in [6.45, 7) is 0. The normalized spacial score (nSPS) is 15.9. The van der Waals surface area contributed by atoms with Crippen LogP contribution in [0.25, 0.3) is 79.0 Å². The zero-order chi connectivity index (χ0) is 37.5. The highest BCUT2D eigenvalue weighted by molar-refractivity contribution is 7.27. The van der Waals surface area contributed by atoms with E-state index in [1.165, 1.54) is 84.5 Å². The third kappa shape index (κ3) is 5.19. The van der Waals surface area contributed by atoms with Gasteiger partial charge in [0.1, 0.15) is 18.2 Å². The van der Waals surface area contributed by atoms with Crippen LogP contribution in [0.15, 0.2) is 187 Å². The molecule has 4 heterocycles. The van der Waals surface area contributed by atoms with Gasteiger partial charge in [0.05, 0.1) is 16.7 Å². The van der Waals surface area contributed by atoms with Crippen molar-refractivity contribution in [3.63, 3.8) is 0 Å². The van der Waals surface area contributed by atoms with E-state index in [1.54, 1.807) is 0 Å². The van der Waals surface area contributed by atoms with E-state index in [0.717, 1.165) is 17.0 Å². The second-order valence-corrected chi connectivity index (χ2v) is 16.8. The molecular weight excluding hydrogens is 733 g/mol. The number of aromatic nitrogens is 1. The molecule has 3 aromatic heterocycles. The summed E-state index contributed by atoms with van der Waals surface area (Å²) in [4.78, 5) is 5.30. The zero-order valence-electron chi connectivity index (χ0n) is 30.7. The molecule has 0 radical (unpaired) electrons. The number of nitrogens with zero attached hydrogens (tertiary/aromatic N) is 2. The van der Waals surface area contributed by atoms with Crippen LogP contribution in [0.1, 0.15) is 29.0 Å². The van der Waals surface area contributed by atoms with Crippen LogP contribution >= 0.6 is 22.7 Å². The summed E-state index contributed by atoms with van der Waals surface area (Å²) in [6, 6.07) is 65.9. The van der Waals surface area contributed by atoms with Gasteiger partial charge in [0.15, 0.2) is 0 Å². The van der Waals surface area contributed by atoms with Crippen LogP contribution in [0.4, 0.5) is 0 Å². The number of aliphatic imine (C=N–C) groups is 1. The lowest BCUT2D eigenvalue weighted by Crippen LogP contribution is -2.44. The summed E-state index contributed by atoms with van der Waals surface area (Å²) in [5, 5.41) is 15.2. The standard InChI is InChI=1S/C51H34N4S2/c1-3-14-31(15-4-1)49-52-50(32-16-5-2-6-17-32)54-51(53-49)40-23-12-21-38-37-29-28-33(30-45(37)57-48(38)40)34-20-11-22-39-46-43(26-13-27-44(46)56-47(34)39)55-41-24-9-7-18-35(41)36-19-8-10-25-42(36)55/h1-30,49-50,52H,(H,53,54). The van der Waals surface area contributed by atoms with Gasteiger partial charge in [-0.25, -0.2) is 4.99 Å². The van der Waals surface area contributed by atoms with Gasteiger partial charge < -0.3 is 9.88 Å². The van der Waals surface area contributed by atoms with E-state index in [2.05, 4.69) is 197 Å². The van der Waals surface area contributed by atoms with Gasteiger partial charge in [0, 0.05) is 56.7 Å². The van der Waals surface area contributed by atoms with Crippen molar-refractivity contribution in [2.24, 2.45) is 4.99 Å². The summed E-state index contributed by atoms with van der Waals surface area (Å²) in [5.41, 5.74) is 9.63. The molecule has 0 bridgehead atoms. The monoisotopic (exact) mass is 766 g/mol. The lowest BCUT2D eigenvalue weighted by atomic mass is 10.0. The third-order valence-corrected chi connectivity index (χ3v) is 13.9. The number of para-hydroxylation sites is 2. The molecule has 6 heteroatoms. The van der Waals surface area contributed by atoms with Crippen LogP contribution < -0.4 is 10.6 Å². The van der Waals surface area contributed by atoms with Crippen molar-refractivity contribution < 1.29 is 0 Å². The third-order valence-electron chi connectivity index (χ3n) is 11.5. The van der Waals surface area contributed by atoms with Gasteiger partial charge in [-0.2, -0.15) is 0 Å². The minimum atomic E-state index is -0.179. The number of benzene rings is 8. The van der Waals surface area contributed by atoms with Crippen LogP contribution in [0.3, 0.4) is 0 Å². The Morgan fingerprint density at radius 1 is 0.474 bits per heavy atom. The van der Waals surface area contributed by atoms with Crippen molar-refractivity contribution in [1.29, 1.82) is 0 Å². The maximum Gasteiger partial charge on any atom is 0.133 e. The van der Waals surface area contributed by atoms with Gasteiger partial charge in [-0.1, -0.05) is 146 Å². The molecule has 8 aromatic carbocycles. The summed E-state index contributed by atoms with van der Waals surface area (Å²) in [6.07, 6.45) is -0.265. The van der Waals surface area contributed by atoms with Crippen molar-refractivity contribution >= 4 is 90.7 Å². The minimum Gasteiger partial charge on any atom is -0.350 e. The van der Waals surface area contributed by atoms with Crippen molar-refractivity contribution in [1.82, 2.24) is 15.2 Å². The quantitative estimate of drug-likeness (QED) is 0.183. The molecule has 4 nitrogen and oxygen atoms in total. The topological polar surface area (TPSA) is 41.4 Å². The highest BCUT2D eigenvalue weighted by atomic mass is 32.1. The van der Waals surface area contributed by atoms with Gasteiger partial charge in [-0.05, 0) is 58.7 Å². The Bertz CT molecular complexity index is 3320. The number of hydrogen-bond acceptors (Lipinski definition) is 5. The fourth-order valence-corrected chi connectivity index (χ4v) is 11.4. The first-order valence-corrected chi connectivity index (χ1v) is 21.0. The van der Waals surface area contributed by atoms with Crippen LogP contribution in [-0.2, 0) is 0 Å². The van der Waals surface area contributed by atoms with Gasteiger partial charge in [0.25, 0.3) is 0 Å². The lowest BCUT2D eigenvalue weighted by molar-refractivity contribution is 0.409. The number of thiophene rings is 2. The molecule has 0 saturated carbocycles. The molecule has 0 amide bonds. The molecular formula is C51H34N4S2. The molecule has 2 atom stereocenters. The molecule has 0 spiro atoms. The SMILES string of the molecule is c1ccc(C2N=C(c3cccc4c3sc3cc(-c5cccc6c5sc5cccc(-n7c8ccccc8c8ccccc87)c56)ccc34)NC(c3ccccc3)N2)cc1. The van der Waals surface area contributed by atoms with Crippen molar-refractivity contribution in [3.05, 3.63) is 199 Å². The molecule has 11 aromatic rings. The molecule has 270 valence electrons. The molecule has 0 fully saturated rings. The molecule has 1 aliphatic heterocycles. The molecule has 2 unspecified atom stereocenters. The second-order valence-electron chi connectivity index (χ2n) is 14.7. The summed E-state index contributed by atoms with van der Waals surface area (Å²) in [5.74, 6) is 0.905. The van der Waals surface area contributed by atoms with Gasteiger partial charge in [-0.3, -0.25) is 5.32 Å². The predicted octanol–water partition coefficient (Wildman–Crippen LogP) is 13.5. The number of nitrogens with one attached hydrogen (secondary N) is 2. The molecule has 2 N–H and O–H groups in total. The minimum absolute atomic E-state index is 0.0857. The van der Waals surface area contributed by atoms with Crippen LogP contribution in [0, 0.1) is 0 Å². The average Bonchev–Trinajstić information content (AvgIpc) is 3.96. The number of fused-ring (bicyclic) bond motifs is 9. The number of hydrogen-bond donors (Lipinski definition) is 2. The van der Waals surface area contributed by atoms with Crippen LogP contribution in [0.2, 0.25) is 0 Å². The first-order valence-electron chi connectivity index (χ1n) is 19.4. The average molecular weight is 767 g/mol. The highest BCUT2D eigenvalue weighted by Gasteiger charge is 2.27. The largest absolute Gasteiger partial charge is 0.350 e. The Morgan fingerprint density at radius 2 is 1.09 bits per heavy atom. The molecule has 57 heavy (non-hydrogen) atoms. The number of rotatable bonds is 5. The Morgan fingerprint density at radius 3 is 1.86 bits per heavy atom. The van der Waals surface area contributed by atoms with E-state index in [-0.39, 0.29) is 12.3 Å². The van der Waals surface area contributed by atoms with Crippen molar-refractivity contribution in [3.8, 4) is 16.8 Å². The second kappa shape index (κ2) is 13.0. The highest BCUT2D eigenvalue weighted by Crippen LogP contribution is 2.46. The Labute approximate surface area is 337 Å². The van der Waals surface area contributed by atoms with E-state index < -0.39 is 0 Å². The van der Waals surface area contributed by atoms with E-state index in [1.807, 2.05) is 22.7 Å². The van der Waals surface area contributed by atoms with E-state index in [9.17, 15) is 0 Å². The van der Waals surface area contributed by atoms with E-state index >= 15 is 0 Å². The summed E-state index contributed by atoms with van der Waals surface area (Å²) < 4.78 is 7.58. The fraction of sp³-hybridized carbons (Fsp3) is 0.0392. The fourth-order valence-electron chi connectivity index (χ4n) is 8.90.